The molecular formula is C22H35IN4O2. The average molecular weight is 514 g/mol. The van der Waals surface area contributed by atoms with Crippen molar-refractivity contribution in [2.24, 2.45) is 10.9 Å². The number of para-hydroxylation sites is 1. The van der Waals surface area contributed by atoms with Crippen LogP contribution in [0.2, 0.25) is 0 Å². The number of nitrogens with one attached hydrogen (secondary N) is 3. The second-order valence-electron chi connectivity index (χ2n) is 7.90. The molecule has 1 aromatic carbocycles. The van der Waals surface area contributed by atoms with Gasteiger partial charge >= 0.3 is 0 Å². The summed E-state index contributed by atoms with van der Waals surface area (Å²) in [5, 5.41) is 10.0. The number of halogens is 1. The van der Waals surface area contributed by atoms with E-state index in [4.69, 9.17) is 4.74 Å². The van der Waals surface area contributed by atoms with E-state index in [-0.39, 0.29) is 47.9 Å². The van der Waals surface area contributed by atoms with E-state index in [0.29, 0.717) is 12.6 Å². The average Bonchev–Trinajstić information content (AvgIpc) is 3.55. The molecular weight excluding hydrogens is 479 g/mol. The van der Waals surface area contributed by atoms with Crippen LogP contribution in [0.25, 0.3) is 0 Å². The lowest BCUT2D eigenvalue weighted by molar-refractivity contribution is -0.126. The molecule has 6 nitrogen and oxygen atoms in total. The molecule has 2 fully saturated rings. The van der Waals surface area contributed by atoms with Crippen LogP contribution in [0.1, 0.15) is 51.9 Å². The standard InChI is InChI=1S/C22H34N4O2.HI/c1-3-19(28-20-10-5-4-6-11-20)15-24-22(23-2)26-18-9-7-8-16(14-18)21(27)25-17-12-13-17;/h4-6,10-11,16-19H,3,7-9,12-15H2,1-2H3,(H,25,27)(H2,23,24,26);1H. The van der Waals surface area contributed by atoms with Crippen LogP contribution >= 0.6 is 24.0 Å². The summed E-state index contributed by atoms with van der Waals surface area (Å²) in [6.07, 6.45) is 7.27. The van der Waals surface area contributed by atoms with E-state index in [2.05, 4.69) is 27.9 Å². The lowest BCUT2D eigenvalue weighted by Gasteiger charge is -2.30. The van der Waals surface area contributed by atoms with Gasteiger partial charge in [0.1, 0.15) is 11.9 Å². The summed E-state index contributed by atoms with van der Waals surface area (Å²) in [6, 6.07) is 10.6. The van der Waals surface area contributed by atoms with Gasteiger partial charge in [-0.1, -0.05) is 31.5 Å². The summed E-state index contributed by atoms with van der Waals surface area (Å²) in [5.41, 5.74) is 0. The van der Waals surface area contributed by atoms with E-state index < -0.39 is 0 Å². The Morgan fingerprint density at radius 3 is 2.55 bits per heavy atom. The second kappa shape index (κ2) is 12.2. The summed E-state index contributed by atoms with van der Waals surface area (Å²) in [6.45, 7) is 2.80. The van der Waals surface area contributed by atoms with E-state index in [1.165, 1.54) is 0 Å². The van der Waals surface area contributed by atoms with Gasteiger partial charge in [0.2, 0.25) is 5.91 Å². The molecule has 0 spiro atoms. The first-order valence-electron chi connectivity index (χ1n) is 10.7. The van der Waals surface area contributed by atoms with Gasteiger partial charge in [0.15, 0.2) is 5.96 Å². The third-order valence-electron chi connectivity index (χ3n) is 5.53. The molecule has 0 heterocycles. The lowest BCUT2D eigenvalue weighted by Crippen LogP contribution is -2.49. The van der Waals surface area contributed by atoms with Gasteiger partial charge in [-0.25, -0.2) is 0 Å². The molecule has 0 aliphatic heterocycles. The molecule has 2 saturated carbocycles. The summed E-state index contributed by atoms with van der Waals surface area (Å²) < 4.78 is 6.04. The maximum absolute atomic E-state index is 12.4. The fourth-order valence-corrected chi connectivity index (χ4v) is 3.67. The zero-order valence-corrected chi connectivity index (χ0v) is 19.9. The SMILES string of the molecule is CCC(CNC(=NC)NC1CCCC(C(=O)NC2CC2)C1)Oc1ccccc1.I. The largest absolute Gasteiger partial charge is 0.489 e. The number of carbonyl (C=O) groups is 1. The Kier molecular flexibility index (Phi) is 10.0. The molecule has 0 bridgehead atoms. The molecule has 1 amide bonds. The summed E-state index contributed by atoms with van der Waals surface area (Å²) >= 11 is 0. The number of aliphatic imine (C=N–C) groups is 1. The van der Waals surface area contributed by atoms with Crippen molar-refractivity contribution in [2.75, 3.05) is 13.6 Å². The Labute approximate surface area is 191 Å². The monoisotopic (exact) mass is 514 g/mol. The Balaban J connectivity index is 0.00000300. The maximum atomic E-state index is 12.4. The molecule has 0 saturated heterocycles. The van der Waals surface area contributed by atoms with Gasteiger partial charge in [-0.2, -0.15) is 0 Å². The molecule has 3 unspecified atom stereocenters. The smallest absolute Gasteiger partial charge is 0.223 e. The van der Waals surface area contributed by atoms with Crippen molar-refractivity contribution in [2.45, 2.75) is 70.1 Å². The fraction of sp³-hybridized carbons (Fsp3) is 0.636. The quantitative estimate of drug-likeness (QED) is 0.282. The van der Waals surface area contributed by atoms with Gasteiger partial charge in [-0.15, -0.1) is 24.0 Å². The minimum absolute atomic E-state index is 0. The van der Waals surface area contributed by atoms with Crippen LogP contribution in [0.15, 0.2) is 35.3 Å². The Bertz CT molecular complexity index is 651. The number of nitrogens with zero attached hydrogens (tertiary/aromatic N) is 1. The molecule has 29 heavy (non-hydrogen) atoms. The highest BCUT2D eigenvalue weighted by molar-refractivity contribution is 14.0. The molecule has 3 N–H and O–H groups in total. The summed E-state index contributed by atoms with van der Waals surface area (Å²) in [5.74, 6) is 2.02. The van der Waals surface area contributed by atoms with Crippen LogP contribution in [-0.4, -0.2) is 43.6 Å². The van der Waals surface area contributed by atoms with Gasteiger partial charge < -0.3 is 20.7 Å². The molecule has 2 aliphatic carbocycles. The topological polar surface area (TPSA) is 74.8 Å². The number of benzene rings is 1. The maximum Gasteiger partial charge on any atom is 0.223 e. The highest BCUT2D eigenvalue weighted by atomic mass is 127. The fourth-order valence-electron chi connectivity index (χ4n) is 3.67. The van der Waals surface area contributed by atoms with E-state index in [0.717, 1.165) is 56.7 Å². The van der Waals surface area contributed by atoms with E-state index >= 15 is 0 Å². The minimum Gasteiger partial charge on any atom is -0.489 e. The van der Waals surface area contributed by atoms with Gasteiger partial charge in [0, 0.05) is 25.0 Å². The molecule has 0 aromatic heterocycles. The first kappa shape index (κ1) is 23.8. The van der Waals surface area contributed by atoms with Crippen molar-refractivity contribution >= 4 is 35.8 Å². The van der Waals surface area contributed by atoms with Crippen molar-refractivity contribution in [1.82, 2.24) is 16.0 Å². The molecule has 162 valence electrons. The van der Waals surface area contributed by atoms with Gasteiger partial charge in [0.05, 0.1) is 6.54 Å². The summed E-state index contributed by atoms with van der Waals surface area (Å²) in [7, 11) is 1.79. The lowest BCUT2D eigenvalue weighted by atomic mass is 9.85. The second-order valence-corrected chi connectivity index (χ2v) is 7.90. The number of ether oxygens (including phenoxy) is 1. The van der Waals surface area contributed by atoms with E-state index in [1.54, 1.807) is 7.05 Å². The van der Waals surface area contributed by atoms with Crippen LogP contribution in [-0.2, 0) is 4.79 Å². The van der Waals surface area contributed by atoms with Crippen LogP contribution in [0, 0.1) is 5.92 Å². The van der Waals surface area contributed by atoms with Crippen LogP contribution in [0.4, 0.5) is 0 Å². The number of carbonyl (C=O) groups excluding carboxylic acids is 1. The van der Waals surface area contributed by atoms with Gasteiger partial charge in [-0.3, -0.25) is 9.79 Å². The molecule has 2 aliphatic rings. The number of amides is 1. The van der Waals surface area contributed by atoms with Gasteiger partial charge in [0.25, 0.3) is 0 Å². The van der Waals surface area contributed by atoms with Crippen LogP contribution < -0.4 is 20.7 Å². The highest BCUT2D eigenvalue weighted by Crippen LogP contribution is 2.26. The molecule has 3 rings (SSSR count). The first-order valence-corrected chi connectivity index (χ1v) is 10.7. The summed E-state index contributed by atoms with van der Waals surface area (Å²) in [4.78, 5) is 16.7. The molecule has 3 atom stereocenters. The highest BCUT2D eigenvalue weighted by Gasteiger charge is 2.31. The van der Waals surface area contributed by atoms with Gasteiger partial charge in [-0.05, 0) is 50.7 Å². The van der Waals surface area contributed by atoms with Crippen molar-refractivity contribution in [1.29, 1.82) is 0 Å². The number of hydrogen-bond donors (Lipinski definition) is 3. The number of hydrogen-bond acceptors (Lipinski definition) is 3. The normalized spacial score (nSPS) is 22.8. The van der Waals surface area contributed by atoms with Crippen LogP contribution in [0.5, 0.6) is 5.75 Å². The van der Waals surface area contributed by atoms with Crippen molar-refractivity contribution < 1.29 is 9.53 Å². The third kappa shape index (κ3) is 8.03. The first-order chi connectivity index (χ1) is 13.7. The molecule has 7 heteroatoms. The molecule has 0 radical (unpaired) electrons. The van der Waals surface area contributed by atoms with E-state index in [9.17, 15) is 4.79 Å². The predicted molar refractivity (Wildman–Crippen MR) is 128 cm³/mol. The predicted octanol–water partition coefficient (Wildman–Crippen LogP) is 3.46. The van der Waals surface area contributed by atoms with Crippen molar-refractivity contribution in [3.8, 4) is 5.75 Å². The molecule has 1 aromatic rings. The Morgan fingerprint density at radius 1 is 1.14 bits per heavy atom. The number of guanidine groups is 1. The Morgan fingerprint density at radius 2 is 1.90 bits per heavy atom. The van der Waals surface area contributed by atoms with Crippen LogP contribution in [0.3, 0.4) is 0 Å². The Hall–Kier alpha value is -1.51. The van der Waals surface area contributed by atoms with E-state index in [1.807, 2.05) is 30.3 Å². The number of rotatable bonds is 8. The van der Waals surface area contributed by atoms with Crippen molar-refractivity contribution in [3.05, 3.63) is 30.3 Å². The third-order valence-corrected chi connectivity index (χ3v) is 5.53. The van der Waals surface area contributed by atoms with Crippen molar-refractivity contribution in [3.63, 3.8) is 0 Å². The zero-order chi connectivity index (χ0) is 19.8. The minimum atomic E-state index is 0. The zero-order valence-electron chi connectivity index (χ0n) is 17.5.